The van der Waals surface area contributed by atoms with Gasteiger partial charge in [0.2, 0.25) is 6.29 Å². The zero-order chi connectivity index (χ0) is 19.7. The van der Waals surface area contributed by atoms with Crippen LogP contribution in [0.3, 0.4) is 0 Å². The molecule has 0 aromatic carbocycles. The first-order valence-corrected chi connectivity index (χ1v) is 9.57. The Kier molecular flexibility index (Phi) is 8.19. The summed E-state index contributed by atoms with van der Waals surface area (Å²) in [5.74, 6) is -1.25. The number of nitrogens with zero attached hydrogens (tertiary/aromatic N) is 1. The third-order valence-electron chi connectivity index (χ3n) is 4.95. The van der Waals surface area contributed by atoms with Crippen LogP contribution in [-0.2, 0) is 14.3 Å². The number of hydrogen-bond acceptors (Lipinski definition) is 6. The average molecular weight is 378 g/mol. The third-order valence-corrected chi connectivity index (χ3v) is 4.95. The summed E-state index contributed by atoms with van der Waals surface area (Å²) < 4.78 is 11.2. The molecule has 0 aliphatic heterocycles. The van der Waals surface area contributed by atoms with E-state index in [2.05, 4.69) is 10.3 Å². The maximum absolute atomic E-state index is 12.2. The molecule has 1 unspecified atom stereocenters. The molecule has 0 bridgehead atoms. The second kappa shape index (κ2) is 10.4. The molecule has 1 aliphatic rings. The van der Waals surface area contributed by atoms with Gasteiger partial charge < -0.3 is 14.6 Å². The summed E-state index contributed by atoms with van der Waals surface area (Å²) in [6, 6.07) is 3.32. The number of hydrogen-bond donors (Lipinski definition) is 2. The van der Waals surface area contributed by atoms with E-state index in [-0.39, 0.29) is 24.5 Å². The zero-order valence-electron chi connectivity index (χ0n) is 16.1. The van der Waals surface area contributed by atoms with Crippen LogP contribution in [0.4, 0.5) is 0 Å². The van der Waals surface area contributed by atoms with Crippen molar-refractivity contribution in [3.05, 3.63) is 30.1 Å². The molecule has 7 heteroatoms. The molecule has 0 spiro atoms. The Morgan fingerprint density at radius 1 is 1.30 bits per heavy atom. The smallest absolute Gasteiger partial charge is 0.342 e. The number of nitrogens with one attached hydrogen (secondary N) is 1. The minimum Gasteiger partial charge on any atom is -0.481 e. The van der Waals surface area contributed by atoms with Crippen LogP contribution in [0.15, 0.2) is 24.5 Å². The van der Waals surface area contributed by atoms with Crippen molar-refractivity contribution in [3.63, 3.8) is 0 Å². The van der Waals surface area contributed by atoms with Crippen LogP contribution >= 0.6 is 0 Å². The van der Waals surface area contributed by atoms with E-state index in [0.29, 0.717) is 12.1 Å². The molecular formula is C20H30N2O5. The molecule has 0 saturated heterocycles. The number of carboxylic acids is 1. The van der Waals surface area contributed by atoms with Gasteiger partial charge in [0.25, 0.3) is 0 Å². The van der Waals surface area contributed by atoms with Crippen molar-refractivity contribution in [2.45, 2.75) is 58.7 Å². The van der Waals surface area contributed by atoms with Crippen molar-refractivity contribution < 1.29 is 24.2 Å². The Morgan fingerprint density at radius 2 is 2.04 bits per heavy atom. The molecular weight excluding hydrogens is 348 g/mol. The van der Waals surface area contributed by atoms with Gasteiger partial charge in [-0.1, -0.05) is 33.1 Å². The fourth-order valence-electron chi connectivity index (χ4n) is 3.52. The van der Waals surface area contributed by atoms with E-state index < -0.39 is 18.2 Å². The summed E-state index contributed by atoms with van der Waals surface area (Å²) in [7, 11) is 0. The molecule has 1 heterocycles. The highest BCUT2D eigenvalue weighted by molar-refractivity contribution is 5.88. The van der Waals surface area contributed by atoms with Gasteiger partial charge in [-0.3, -0.25) is 15.1 Å². The number of carboxylic acid groups (broad SMARTS) is 1. The Hall–Kier alpha value is -1.99. The maximum atomic E-state index is 12.2. The van der Waals surface area contributed by atoms with Gasteiger partial charge in [0.15, 0.2) is 0 Å². The molecule has 150 valence electrons. The molecule has 1 aromatic rings. The van der Waals surface area contributed by atoms with Gasteiger partial charge in [-0.25, -0.2) is 4.79 Å². The quantitative estimate of drug-likeness (QED) is 0.366. The topological polar surface area (TPSA) is 97.8 Å². The minimum absolute atomic E-state index is 0.0184. The van der Waals surface area contributed by atoms with Crippen LogP contribution in [0.25, 0.3) is 0 Å². The van der Waals surface area contributed by atoms with E-state index in [1.54, 1.807) is 18.3 Å². The van der Waals surface area contributed by atoms with Crippen molar-refractivity contribution in [1.82, 2.24) is 10.3 Å². The first kappa shape index (κ1) is 21.3. The number of pyridine rings is 1. The lowest BCUT2D eigenvalue weighted by Crippen LogP contribution is -2.40. The predicted molar refractivity (Wildman–Crippen MR) is 100 cm³/mol. The van der Waals surface area contributed by atoms with Crippen LogP contribution in [0.1, 0.15) is 62.7 Å². The Morgan fingerprint density at radius 3 is 2.63 bits per heavy atom. The molecule has 2 N–H and O–H groups in total. The minimum atomic E-state index is -0.759. The summed E-state index contributed by atoms with van der Waals surface area (Å²) in [6.45, 7) is 4.60. The van der Waals surface area contributed by atoms with Gasteiger partial charge in [0, 0.05) is 24.9 Å². The lowest BCUT2D eigenvalue weighted by molar-refractivity contribution is -0.144. The van der Waals surface area contributed by atoms with E-state index in [1.807, 2.05) is 13.8 Å². The third kappa shape index (κ3) is 6.92. The number of ether oxygens (including phenoxy) is 2. The van der Waals surface area contributed by atoms with Crippen LogP contribution in [0.5, 0.6) is 0 Å². The fourth-order valence-corrected chi connectivity index (χ4v) is 3.52. The SMILES string of the molecule is CC(C)C(OCNCC1(CC(=O)O)CCCCC1)OC(=O)c1cccnc1. The highest BCUT2D eigenvalue weighted by Gasteiger charge is 2.34. The number of rotatable bonds is 10. The second-order valence-electron chi connectivity index (χ2n) is 7.63. The Labute approximate surface area is 160 Å². The van der Waals surface area contributed by atoms with E-state index in [0.717, 1.165) is 32.1 Å². The van der Waals surface area contributed by atoms with Crippen molar-refractivity contribution in [3.8, 4) is 0 Å². The molecule has 7 nitrogen and oxygen atoms in total. The monoisotopic (exact) mass is 378 g/mol. The van der Waals surface area contributed by atoms with Gasteiger partial charge in [-0.2, -0.15) is 0 Å². The fraction of sp³-hybridized carbons (Fsp3) is 0.650. The highest BCUT2D eigenvalue weighted by Crippen LogP contribution is 2.38. The summed E-state index contributed by atoms with van der Waals surface area (Å²) in [5, 5.41) is 12.4. The van der Waals surface area contributed by atoms with Crippen molar-refractivity contribution >= 4 is 11.9 Å². The van der Waals surface area contributed by atoms with Gasteiger partial charge >= 0.3 is 11.9 Å². The maximum Gasteiger partial charge on any atom is 0.342 e. The normalized spacial score (nSPS) is 17.4. The molecule has 27 heavy (non-hydrogen) atoms. The molecule has 0 amide bonds. The summed E-state index contributed by atoms with van der Waals surface area (Å²) >= 11 is 0. The average Bonchev–Trinajstić information content (AvgIpc) is 2.64. The lowest BCUT2D eigenvalue weighted by Gasteiger charge is -2.36. The van der Waals surface area contributed by atoms with Crippen LogP contribution in [0, 0.1) is 11.3 Å². The summed E-state index contributed by atoms with van der Waals surface area (Å²) in [6.07, 6.45) is 7.64. The molecule has 1 atom stereocenters. The standard InChI is InChI=1S/C20H30N2O5/c1-15(2)19(27-18(25)16-7-6-10-21-12-16)26-14-22-13-20(11-17(23)24)8-4-3-5-9-20/h6-7,10,12,15,19,22H,3-5,8-9,11,13-14H2,1-2H3,(H,23,24). The van der Waals surface area contributed by atoms with Gasteiger partial charge in [0.1, 0.15) is 6.73 Å². The van der Waals surface area contributed by atoms with Gasteiger partial charge in [-0.15, -0.1) is 0 Å². The molecule has 2 rings (SSSR count). The lowest BCUT2D eigenvalue weighted by atomic mass is 9.72. The molecule has 1 aliphatic carbocycles. The highest BCUT2D eigenvalue weighted by atomic mass is 16.7. The molecule has 1 fully saturated rings. The van der Waals surface area contributed by atoms with E-state index in [4.69, 9.17) is 9.47 Å². The first-order chi connectivity index (χ1) is 12.9. The Bertz CT molecular complexity index is 600. The van der Waals surface area contributed by atoms with Gasteiger partial charge in [-0.05, 0) is 30.4 Å². The predicted octanol–water partition coefficient (Wildman–Crippen LogP) is 3.21. The number of carbonyl (C=O) groups is 2. The van der Waals surface area contributed by atoms with E-state index in [9.17, 15) is 14.7 Å². The molecule has 0 radical (unpaired) electrons. The molecule has 1 aromatic heterocycles. The van der Waals surface area contributed by atoms with Crippen molar-refractivity contribution in [1.29, 1.82) is 0 Å². The van der Waals surface area contributed by atoms with Crippen molar-refractivity contribution in [2.24, 2.45) is 11.3 Å². The van der Waals surface area contributed by atoms with E-state index in [1.165, 1.54) is 6.20 Å². The first-order valence-electron chi connectivity index (χ1n) is 9.57. The van der Waals surface area contributed by atoms with Crippen molar-refractivity contribution in [2.75, 3.05) is 13.3 Å². The number of aliphatic carboxylic acids is 1. The number of esters is 1. The second-order valence-corrected chi connectivity index (χ2v) is 7.63. The van der Waals surface area contributed by atoms with Crippen LogP contribution in [-0.4, -0.2) is 41.6 Å². The van der Waals surface area contributed by atoms with E-state index >= 15 is 0 Å². The number of aromatic nitrogens is 1. The largest absolute Gasteiger partial charge is 0.481 e. The Balaban J connectivity index is 1.83. The summed E-state index contributed by atoms with van der Waals surface area (Å²) in [4.78, 5) is 27.3. The van der Waals surface area contributed by atoms with Crippen LogP contribution < -0.4 is 5.32 Å². The molecule has 1 saturated carbocycles. The summed E-state index contributed by atoms with van der Waals surface area (Å²) in [5.41, 5.74) is 0.162. The van der Waals surface area contributed by atoms with Gasteiger partial charge in [0.05, 0.1) is 12.0 Å². The van der Waals surface area contributed by atoms with Crippen LogP contribution in [0.2, 0.25) is 0 Å². The zero-order valence-corrected chi connectivity index (χ0v) is 16.1. The number of carbonyl (C=O) groups excluding carboxylic acids is 1.